The van der Waals surface area contributed by atoms with E-state index in [0.29, 0.717) is 29.2 Å². The van der Waals surface area contributed by atoms with Crippen LogP contribution in [0.3, 0.4) is 0 Å². The van der Waals surface area contributed by atoms with Gasteiger partial charge in [-0.3, -0.25) is 4.79 Å². The van der Waals surface area contributed by atoms with Gasteiger partial charge in [0.2, 0.25) is 5.91 Å². The number of halogens is 1. The Kier molecular flexibility index (Phi) is 7.94. The average molecular weight is 640 g/mol. The summed E-state index contributed by atoms with van der Waals surface area (Å²) in [4.78, 5) is 42.6. The molecule has 2 aliphatic heterocycles. The van der Waals surface area contributed by atoms with Gasteiger partial charge in [0.15, 0.2) is 6.23 Å². The summed E-state index contributed by atoms with van der Waals surface area (Å²) in [5, 5.41) is 3.65. The normalized spacial score (nSPS) is 17.8. The van der Waals surface area contributed by atoms with Crippen LogP contribution in [0.2, 0.25) is 0 Å². The van der Waals surface area contributed by atoms with Crippen LogP contribution in [0.1, 0.15) is 64.5 Å². The second kappa shape index (κ2) is 12.2. The predicted octanol–water partition coefficient (Wildman–Crippen LogP) is 6.96. The molecule has 0 saturated carbocycles. The molecule has 7 rings (SSSR count). The molecule has 3 aromatic heterocycles. The minimum atomic E-state index is -0.701. The molecule has 3 atom stereocenters. The first-order valence-corrected chi connectivity index (χ1v) is 16.1. The van der Waals surface area contributed by atoms with Crippen LogP contribution in [0, 0.1) is 11.7 Å². The summed E-state index contributed by atoms with van der Waals surface area (Å²) in [6, 6.07) is 10.6. The van der Waals surface area contributed by atoms with E-state index in [4.69, 9.17) is 14.5 Å². The van der Waals surface area contributed by atoms with E-state index < -0.39 is 12.1 Å². The molecule has 244 valence electrons. The van der Waals surface area contributed by atoms with E-state index in [1.54, 1.807) is 23.6 Å². The summed E-state index contributed by atoms with van der Waals surface area (Å²) < 4.78 is 29.1. The minimum absolute atomic E-state index is 0.115. The highest BCUT2D eigenvalue weighted by Crippen LogP contribution is 2.46. The van der Waals surface area contributed by atoms with Gasteiger partial charge < -0.3 is 34.2 Å². The maximum absolute atomic E-state index is 15.8. The average Bonchev–Trinajstić information content (AvgIpc) is 3.88. The van der Waals surface area contributed by atoms with Gasteiger partial charge in [-0.05, 0) is 49.1 Å². The second-order valence-electron chi connectivity index (χ2n) is 12.6. The number of fused-ring (bicyclic) bond motifs is 5. The van der Waals surface area contributed by atoms with E-state index >= 15 is 4.39 Å². The van der Waals surface area contributed by atoms with Crippen molar-refractivity contribution in [3.8, 4) is 39.5 Å². The maximum Gasteiger partial charge on any atom is 0.407 e. The van der Waals surface area contributed by atoms with Gasteiger partial charge in [0, 0.05) is 29.5 Å². The Balaban J connectivity index is 1.21. The Morgan fingerprint density at radius 1 is 1.15 bits per heavy atom. The molecule has 1 fully saturated rings. The van der Waals surface area contributed by atoms with Gasteiger partial charge in [0.05, 0.1) is 60.0 Å². The fourth-order valence-electron chi connectivity index (χ4n) is 6.88. The molecule has 0 spiro atoms. The number of aromatic nitrogens is 5. The molecule has 1 saturated heterocycles. The van der Waals surface area contributed by atoms with Gasteiger partial charge in [-0.1, -0.05) is 33.3 Å². The third kappa shape index (κ3) is 5.41. The summed E-state index contributed by atoms with van der Waals surface area (Å²) in [6.45, 7) is 6.48. The van der Waals surface area contributed by atoms with Crippen molar-refractivity contribution >= 4 is 22.9 Å². The number of carbonyl (C=O) groups is 2. The topological polar surface area (TPSA) is 130 Å². The van der Waals surface area contributed by atoms with Crippen molar-refractivity contribution in [3.63, 3.8) is 0 Å². The van der Waals surface area contributed by atoms with Crippen LogP contribution in [0.5, 0.6) is 5.75 Å². The summed E-state index contributed by atoms with van der Waals surface area (Å²) in [5.74, 6) is 0.583. The molecule has 11 nitrogen and oxygen atoms in total. The number of rotatable bonds is 8. The zero-order valence-corrected chi connectivity index (χ0v) is 26.8. The Morgan fingerprint density at radius 3 is 2.74 bits per heavy atom. The highest BCUT2D eigenvalue weighted by Gasteiger charge is 2.37. The van der Waals surface area contributed by atoms with Crippen LogP contribution in [0.4, 0.5) is 9.18 Å². The molecule has 0 aliphatic carbocycles. The third-order valence-corrected chi connectivity index (χ3v) is 9.19. The molecule has 2 aliphatic rings. The largest absolute Gasteiger partial charge is 0.469 e. The highest BCUT2D eigenvalue weighted by molar-refractivity contribution is 5.92. The molecular weight excluding hydrogens is 601 g/mol. The summed E-state index contributed by atoms with van der Waals surface area (Å²) in [6.07, 6.45) is 7.37. The van der Waals surface area contributed by atoms with Crippen LogP contribution in [0.25, 0.3) is 44.7 Å². The van der Waals surface area contributed by atoms with Crippen LogP contribution in [-0.4, -0.2) is 61.1 Å². The minimum Gasteiger partial charge on any atom is -0.469 e. The predicted molar refractivity (Wildman–Crippen MR) is 175 cm³/mol. The second-order valence-corrected chi connectivity index (χ2v) is 12.6. The number of hydrogen-bond donors (Lipinski definition) is 3. The molecule has 5 heterocycles. The van der Waals surface area contributed by atoms with E-state index in [1.165, 1.54) is 13.2 Å². The van der Waals surface area contributed by atoms with Crippen molar-refractivity contribution in [3.05, 3.63) is 66.8 Å². The number of benzene rings is 2. The summed E-state index contributed by atoms with van der Waals surface area (Å²) in [5.41, 5.74) is 5.31. The van der Waals surface area contributed by atoms with Crippen molar-refractivity contribution < 1.29 is 23.5 Å². The van der Waals surface area contributed by atoms with Crippen LogP contribution in [-0.2, 0) is 9.53 Å². The first-order valence-electron chi connectivity index (χ1n) is 16.1. The summed E-state index contributed by atoms with van der Waals surface area (Å²) >= 11 is 0. The highest BCUT2D eigenvalue weighted by atomic mass is 19.1. The van der Waals surface area contributed by atoms with Gasteiger partial charge in [-0.2, -0.15) is 0 Å². The lowest BCUT2D eigenvalue weighted by atomic mass is 10.0. The van der Waals surface area contributed by atoms with Crippen LogP contribution in [0.15, 0.2) is 55.1 Å². The lowest BCUT2D eigenvalue weighted by Crippen LogP contribution is -2.51. The van der Waals surface area contributed by atoms with E-state index in [0.717, 1.165) is 59.2 Å². The fraction of sp³-hybridized carbons (Fsp3) is 0.371. The van der Waals surface area contributed by atoms with Crippen LogP contribution >= 0.6 is 0 Å². The van der Waals surface area contributed by atoms with Crippen molar-refractivity contribution in [1.82, 2.24) is 34.7 Å². The fourth-order valence-corrected chi connectivity index (χ4v) is 6.88. The molecule has 0 bridgehead atoms. The Bertz CT molecular complexity index is 1950. The molecular formula is C35H38FN7O4. The van der Waals surface area contributed by atoms with E-state index in [-0.39, 0.29) is 29.9 Å². The molecule has 1 unspecified atom stereocenters. The van der Waals surface area contributed by atoms with Crippen LogP contribution < -0.4 is 10.1 Å². The smallest absolute Gasteiger partial charge is 0.407 e. The zero-order chi connectivity index (χ0) is 32.8. The Labute approximate surface area is 271 Å². The van der Waals surface area contributed by atoms with Crippen molar-refractivity contribution in [1.29, 1.82) is 0 Å². The monoisotopic (exact) mass is 639 g/mol. The van der Waals surface area contributed by atoms with E-state index in [2.05, 4.69) is 37.8 Å². The molecule has 47 heavy (non-hydrogen) atoms. The number of methoxy groups -OCH3 is 1. The van der Waals surface area contributed by atoms with Gasteiger partial charge in [-0.25, -0.2) is 19.2 Å². The lowest BCUT2D eigenvalue weighted by molar-refractivity contribution is -0.135. The molecule has 2 aromatic carbocycles. The van der Waals surface area contributed by atoms with Gasteiger partial charge in [0.25, 0.3) is 0 Å². The number of carbonyl (C=O) groups excluding carboxylic acids is 2. The summed E-state index contributed by atoms with van der Waals surface area (Å²) in [7, 11) is 1.29. The first kappa shape index (κ1) is 30.5. The standard InChI is InChI=1S/C35H38FN7O4/c1-5-7-30-43-26-10-9-20(12-22(26)14-28(43)31-23(36)13-21(15-29(31)47-30)24-16-37-18-39-24)25-17-38-33(40-25)27-8-6-11-42(27)34(44)32(19(2)3)41-35(45)46-4/h9-10,12-19,27,30,32H,5-8,11H2,1-4H3,(H,37,39)(H,38,40)(H,41,45)/t27-,30?,32-/m0/s1. The molecule has 0 radical (unpaired) electrons. The first-order chi connectivity index (χ1) is 22.8. The zero-order valence-electron chi connectivity index (χ0n) is 26.8. The van der Waals surface area contributed by atoms with Gasteiger partial charge >= 0.3 is 6.09 Å². The number of H-pyrrole nitrogens is 2. The van der Waals surface area contributed by atoms with Crippen molar-refractivity contribution in [2.24, 2.45) is 5.92 Å². The number of amides is 2. The third-order valence-electron chi connectivity index (χ3n) is 9.19. The Morgan fingerprint density at radius 2 is 2.00 bits per heavy atom. The quantitative estimate of drug-likeness (QED) is 0.168. The number of alkyl carbamates (subject to hydrolysis) is 1. The maximum atomic E-state index is 15.8. The number of likely N-dealkylation sites (tertiary alicyclic amines) is 1. The lowest BCUT2D eigenvalue weighted by Gasteiger charge is -2.30. The molecule has 12 heteroatoms. The SMILES string of the molecule is CCCC1Oc2cc(-c3cnc[nH]3)cc(F)c2-c2cc3cc(-c4cnc([C@@H]5CCCN5C(=O)[C@@H](NC(=O)OC)C(C)C)[nH]4)ccc3n21. The van der Waals surface area contributed by atoms with E-state index in [9.17, 15) is 9.59 Å². The molecule has 3 N–H and O–H groups in total. The molecule has 5 aromatic rings. The number of aromatic amines is 2. The number of nitrogens with one attached hydrogen (secondary N) is 3. The van der Waals surface area contributed by atoms with Crippen molar-refractivity contribution in [2.45, 2.75) is 64.8 Å². The molecule has 2 amide bonds. The van der Waals surface area contributed by atoms with Gasteiger partial charge in [0.1, 0.15) is 23.4 Å². The Hall–Kier alpha value is -5.13. The van der Waals surface area contributed by atoms with E-state index in [1.807, 2.05) is 38.1 Å². The van der Waals surface area contributed by atoms with Gasteiger partial charge in [-0.15, -0.1) is 0 Å². The number of ether oxygens (including phenoxy) is 2. The number of imidazole rings is 2. The number of hydrogen-bond acceptors (Lipinski definition) is 6. The number of nitrogens with zero attached hydrogens (tertiary/aromatic N) is 4. The van der Waals surface area contributed by atoms with Crippen molar-refractivity contribution in [2.75, 3.05) is 13.7 Å².